The lowest BCUT2D eigenvalue weighted by molar-refractivity contribution is -0.431. The van der Waals surface area contributed by atoms with E-state index in [0.717, 1.165) is 0 Å². The van der Waals surface area contributed by atoms with Crippen molar-refractivity contribution in [2.75, 3.05) is 6.61 Å². The van der Waals surface area contributed by atoms with Gasteiger partial charge in [-0.25, -0.2) is 9.59 Å². The van der Waals surface area contributed by atoms with Crippen LogP contribution in [0.25, 0.3) is 0 Å². The number of benzene rings is 1. The van der Waals surface area contributed by atoms with E-state index >= 15 is 0 Å². The predicted molar refractivity (Wildman–Crippen MR) is 121 cm³/mol. The quantitative estimate of drug-likeness (QED) is 0.310. The maximum Gasteiger partial charge on any atom is 0.407 e. The summed E-state index contributed by atoms with van der Waals surface area (Å²) in [5.74, 6) is -2.57. The minimum Gasteiger partial charge on any atom is -0.460 e. The van der Waals surface area contributed by atoms with Gasteiger partial charge in [-0.1, -0.05) is 18.2 Å². The Labute approximate surface area is 201 Å². The van der Waals surface area contributed by atoms with Crippen molar-refractivity contribution in [2.45, 2.75) is 65.7 Å². The summed E-state index contributed by atoms with van der Waals surface area (Å²) in [5, 5.41) is 17.2. The van der Waals surface area contributed by atoms with Gasteiger partial charge in [-0.3, -0.25) is 10.1 Å². The molecule has 2 rings (SSSR count). The third-order valence-electron chi connectivity index (χ3n) is 4.82. The Hall–Kier alpha value is -3.70. The molecule has 0 radical (unpaired) electrons. The Kier molecular flexibility index (Phi) is 8.77. The van der Waals surface area contributed by atoms with Crippen LogP contribution in [0.3, 0.4) is 0 Å². The van der Waals surface area contributed by atoms with Crippen LogP contribution < -0.4 is 15.4 Å². The Balaban J connectivity index is 2.35. The summed E-state index contributed by atoms with van der Waals surface area (Å²) in [5.41, 5.74) is -0.875. The molecule has 35 heavy (non-hydrogen) atoms. The summed E-state index contributed by atoms with van der Waals surface area (Å²) in [6.07, 6.45) is -0.707. The second-order valence-electron chi connectivity index (χ2n) is 8.93. The first-order valence-electron chi connectivity index (χ1n) is 10.7. The first kappa shape index (κ1) is 27.5. The van der Waals surface area contributed by atoms with Crippen molar-refractivity contribution >= 4 is 12.1 Å². The van der Waals surface area contributed by atoms with E-state index < -0.39 is 46.9 Å². The van der Waals surface area contributed by atoms with Gasteiger partial charge in [-0.15, -0.1) is 0 Å². The van der Waals surface area contributed by atoms with Gasteiger partial charge in [0.1, 0.15) is 23.9 Å². The number of allylic oxidation sites excluding steroid dienone is 3. The number of carbonyl (C=O) groups excluding carboxylic acids is 2. The highest BCUT2D eigenvalue weighted by atomic mass is 19.3. The van der Waals surface area contributed by atoms with Gasteiger partial charge in [0.15, 0.2) is 0 Å². The number of halogens is 2. The van der Waals surface area contributed by atoms with Crippen molar-refractivity contribution in [3.8, 4) is 5.75 Å². The molecule has 2 unspecified atom stereocenters. The zero-order chi connectivity index (χ0) is 26.5. The number of hydrogen-bond acceptors (Lipinski definition) is 8. The zero-order valence-corrected chi connectivity index (χ0v) is 20.3. The molecule has 0 bridgehead atoms. The van der Waals surface area contributed by atoms with E-state index in [1.807, 2.05) is 0 Å². The topological polar surface area (TPSA) is 129 Å². The SMILES string of the molecule is CC1=C(C(=O)OCC(C)NC(=O)OC(C)(C)C)C(c2ccccc2OC(F)F)C([N+](=O)[O-])=C(C)N1. The molecule has 0 fully saturated rings. The van der Waals surface area contributed by atoms with Crippen molar-refractivity contribution in [3.63, 3.8) is 0 Å². The number of esters is 1. The number of rotatable bonds is 8. The minimum absolute atomic E-state index is 0.00609. The molecule has 0 saturated carbocycles. The lowest BCUT2D eigenvalue weighted by Crippen LogP contribution is -2.40. The van der Waals surface area contributed by atoms with E-state index in [4.69, 9.17) is 9.47 Å². The Morgan fingerprint density at radius 1 is 1.20 bits per heavy atom. The third-order valence-corrected chi connectivity index (χ3v) is 4.82. The van der Waals surface area contributed by atoms with E-state index in [2.05, 4.69) is 15.4 Å². The number of hydrogen-bond donors (Lipinski definition) is 2. The molecule has 1 amide bonds. The first-order valence-corrected chi connectivity index (χ1v) is 10.7. The number of alkyl halides is 2. The van der Waals surface area contributed by atoms with Gasteiger partial charge in [-0.2, -0.15) is 8.78 Å². The van der Waals surface area contributed by atoms with Gasteiger partial charge >= 0.3 is 18.7 Å². The average molecular weight is 497 g/mol. The van der Waals surface area contributed by atoms with Crippen LogP contribution in [0.2, 0.25) is 0 Å². The minimum atomic E-state index is -3.18. The lowest BCUT2D eigenvalue weighted by atomic mass is 9.83. The number of alkyl carbamates (subject to hydrolysis) is 1. The molecule has 0 spiro atoms. The predicted octanol–water partition coefficient (Wildman–Crippen LogP) is 4.21. The van der Waals surface area contributed by atoms with Crippen molar-refractivity contribution in [2.24, 2.45) is 0 Å². The monoisotopic (exact) mass is 497 g/mol. The molecular formula is C23H29F2N3O7. The Bertz CT molecular complexity index is 1050. The largest absolute Gasteiger partial charge is 0.460 e. The summed E-state index contributed by atoms with van der Waals surface area (Å²) in [4.78, 5) is 36.3. The molecule has 0 aromatic heterocycles. The molecule has 2 N–H and O–H groups in total. The van der Waals surface area contributed by atoms with Gasteiger partial charge in [-0.05, 0) is 47.6 Å². The molecular weight excluding hydrogens is 468 g/mol. The van der Waals surface area contributed by atoms with Crippen molar-refractivity contribution in [1.29, 1.82) is 0 Å². The van der Waals surface area contributed by atoms with Crippen molar-refractivity contribution < 1.29 is 37.5 Å². The van der Waals surface area contributed by atoms with Crippen molar-refractivity contribution in [3.05, 3.63) is 62.6 Å². The molecule has 0 saturated heterocycles. The summed E-state index contributed by atoms with van der Waals surface area (Å²) < 4.78 is 41.1. The molecule has 1 heterocycles. The molecule has 1 aromatic rings. The zero-order valence-electron chi connectivity index (χ0n) is 20.3. The van der Waals surface area contributed by atoms with Crippen LogP contribution in [0.1, 0.15) is 53.0 Å². The van der Waals surface area contributed by atoms with E-state index in [9.17, 15) is 28.5 Å². The number of carbonyl (C=O) groups is 2. The van der Waals surface area contributed by atoms with E-state index in [0.29, 0.717) is 0 Å². The van der Waals surface area contributed by atoms with E-state index in [1.165, 1.54) is 38.1 Å². The van der Waals surface area contributed by atoms with Crippen LogP contribution in [-0.4, -0.2) is 41.8 Å². The van der Waals surface area contributed by atoms with Crippen LogP contribution in [-0.2, 0) is 14.3 Å². The average Bonchev–Trinajstić information content (AvgIpc) is 2.69. The van der Waals surface area contributed by atoms with Gasteiger partial charge < -0.3 is 24.8 Å². The molecule has 0 aliphatic carbocycles. The van der Waals surface area contributed by atoms with Crippen molar-refractivity contribution in [1.82, 2.24) is 10.6 Å². The number of nitrogens with zero attached hydrogens (tertiary/aromatic N) is 1. The smallest absolute Gasteiger partial charge is 0.407 e. The van der Waals surface area contributed by atoms with Gasteiger partial charge in [0, 0.05) is 11.3 Å². The van der Waals surface area contributed by atoms with Crippen LogP contribution in [0.5, 0.6) is 5.75 Å². The molecule has 12 heteroatoms. The number of para-hydroxylation sites is 1. The Morgan fingerprint density at radius 2 is 1.83 bits per heavy atom. The Morgan fingerprint density at radius 3 is 2.40 bits per heavy atom. The van der Waals surface area contributed by atoms with Crippen LogP contribution in [0.4, 0.5) is 13.6 Å². The summed E-state index contributed by atoms with van der Waals surface area (Å²) in [7, 11) is 0. The normalized spacial score (nSPS) is 17.0. The van der Waals surface area contributed by atoms with E-state index in [-0.39, 0.29) is 34.9 Å². The summed E-state index contributed by atoms with van der Waals surface area (Å²) >= 11 is 0. The second kappa shape index (κ2) is 11.2. The molecule has 1 aromatic carbocycles. The van der Waals surface area contributed by atoms with Gasteiger partial charge in [0.05, 0.1) is 22.2 Å². The summed E-state index contributed by atoms with van der Waals surface area (Å²) in [6, 6.07) is 4.89. The van der Waals surface area contributed by atoms with Crippen LogP contribution in [0, 0.1) is 10.1 Å². The fourth-order valence-corrected chi connectivity index (χ4v) is 3.55. The van der Waals surface area contributed by atoms with Gasteiger partial charge in [0.2, 0.25) is 0 Å². The highest BCUT2D eigenvalue weighted by Crippen LogP contribution is 2.42. The summed E-state index contributed by atoms with van der Waals surface area (Å²) in [6.45, 7) is 6.17. The fourth-order valence-electron chi connectivity index (χ4n) is 3.55. The first-order chi connectivity index (χ1) is 16.2. The maximum atomic E-state index is 13.1. The fraction of sp³-hybridized carbons (Fsp3) is 0.478. The molecule has 2 atom stereocenters. The number of dihydropyridines is 1. The standard InChI is InChI=1S/C23H29F2N3O7/c1-12(26-22(30)35-23(4,5)6)11-33-20(29)17-13(2)27-14(3)19(28(31)32)18(17)15-9-7-8-10-16(15)34-21(24)25/h7-10,12,18,21,27H,11H2,1-6H3,(H,26,30). The third kappa shape index (κ3) is 7.39. The lowest BCUT2D eigenvalue weighted by Gasteiger charge is -2.28. The number of amides is 1. The highest BCUT2D eigenvalue weighted by Gasteiger charge is 2.42. The molecule has 192 valence electrons. The van der Waals surface area contributed by atoms with E-state index in [1.54, 1.807) is 27.7 Å². The second-order valence-corrected chi connectivity index (χ2v) is 8.93. The molecule has 10 nitrogen and oxygen atoms in total. The van der Waals surface area contributed by atoms with Crippen LogP contribution >= 0.6 is 0 Å². The van der Waals surface area contributed by atoms with Gasteiger partial charge in [0.25, 0.3) is 5.70 Å². The maximum absolute atomic E-state index is 13.1. The number of nitrogens with one attached hydrogen (secondary N) is 2. The number of nitro groups is 1. The van der Waals surface area contributed by atoms with Crippen LogP contribution in [0.15, 0.2) is 46.9 Å². The molecule has 1 aliphatic rings. The number of ether oxygens (including phenoxy) is 3. The highest BCUT2D eigenvalue weighted by molar-refractivity contribution is 5.92. The molecule has 1 aliphatic heterocycles.